The van der Waals surface area contributed by atoms with E-state index in [1.165, 1.54) is 17.0 Å². The zero-order valence-corrected chi connectivity index (χ0v) is 17.3. The van der Waals surface area contributed by atoms with Crippen LogP contribution in [0.3, 0.4) is 0 Å². The van der Waals surface area contributed by atoms with Gasteiger partial charge in [-0.25, -0.2) is 4.39 Å². The second-order valence-corrected chi connectivity index (χ2v) is 8.88. The lowest BCUT2D eigenvalue weighted by molar-refractivity contribution is -0.183. The van der Waals surface area contributed by atoms with E-state index in [2.05, 4.69) is 0 Å². The molecule has 0 aliphatic carbocycles. The first-order valence-corrected chi connectivity index (χ1v) is 9.74. The third-order valence-corrected chi connectivity index (χ3v) is 6.34. The van der Waals surface area contributed by atoms with Crippen molar-refractivity contribution in [3.05, 3.63) is 29.1 Å². The van der Waals surface area contributed by atoms with Crippen molar-refractivity contribution in [2.75, 3.05) is 13.1 Å². The quantitative estimate of drug-likeness (QED) is 0.544. The molecule has 0 saturated carbocycles. The molecule has 0 unspecified atom stereocenters. The largest absolute Gasteiger partial charge is 0.495 e. The number of alkyl halides is 3. The summed E-state index contributed by atoms with van der Waals surface area (Å²) in [6.07, 6.45) is -4.59. The Morgan fingerprint density at radius 3 is 2.10 bits per heavy atom. The number of benzene rings is 1. The van der Waals surface area contributed by atoms with Crippen molar-refractivity contribution in [1.82, 2.24) is 4.90 Å². The van der Waals surface area contributed by atoms with Crippen LogP contribution in [0.15, 0.2) is 12.1 Å². The van der Waals surface area contributed by atoms with Gasteiger partial charge in [0.15, 0.2) is 0 Å². The van der Waals surface area contributed by atoms with E-state index in [0.717, 1.165) is 0 Å². The Kier molecular flexibility index (Phi) is 5.54. The lowest BCUT2D eigenvalue weighted by Gasteiger charge is -2.33. The molecular formula is C20H26BF4NO3. The summed E-state index contributed by atoms with van der Waals surface area (Å²) in [6, 6.07) is 2.65. The van der Waals surface area contributed by atoms with Gasteiger partial charge in [0.2, 0.25) is 0 Å². The van der Waals surface area contributed by atoms with E-state index in [1.54, 1.807) is 6.92 Å². The molecule has 29 heavy (non-hydrogen) atoms. The molecule has 2 aliphatic rings. The monoisotopic (exact) mass is 415 g/mol. The molecule has 160 valence electrons. The van der Waals surface area contributed by atoms with Crippen LogP contribution in [0.2, 0.25) is 0 Å². The molecule has 2 heterocycles. The van der Waals surface area contributed by atoms with Crippen LogP contribution in [0.1, 0.15) is 56.5 Å². The van der Waals surface area contributed by atoms with Crippen molar-refractivity contribution < 1.29 is 31.7 Å². The van der Waals surface area contributed by atoms with Gasteiger partial charge in [-0.1, -0.05) is 5.56 Å². The molecule has 0 N–H and O–H groups in total. The fourth-order valence-electron chi connectivity index (χ4n) is 3.66. The van der Waals surface area contributed by atoms with Crippen molar-refractivity contribution in [2.45, 2.75) is 64.8 Å². The van der Waals surface area contributed by atoms with Gasteiger partial charge in [-0.2, -0.15) is 13.2 Å². The molecule has 1 aromatic carbocycles. The normalized spacial score (nSPS) is 22.2. The number of halogens is 4. The number of likely N-dealkylation sites (tertiary alicyclic amines) is 1. The van der Waals surface area contributed by atoms with Gasteiger partial charge in [-0.05, 0) is 65.1 Å². The van der Waals surface area contributed by atoms with Gasteiger partial charge in [0.1, 0.15) is 5.82 Å². The molecule has 0 spiro atoms. The molecule has 2 saturated heterocycles. The number of hydrogen-bond acceptors (Lipinski definition) is 3. The Morgan fingerprint density at radius 1 is 1.10 bits per heavy atom. The highest BCUT2D eigenvalue weighted by atomic mass is 19.4. The van der Waals surface area contributed by atoms with E-state index in [0.29, 0.717) is 11.0 Å². The van der Waals surface area contributed by atoms with Gasteiger partial charge in [-0.3, -0.25) is 4.79 Å². The maximum atomic E-state index is 14.8. The van der Waals surface area contributed by atoms with E-state index in [-0.39, 0.29) is 31.5 Å². The Bertz CT molecular complexity index is 786. The number of carbonyl (C=O) groups is 1. The van der Waals surface area contributed by atoms with Gasteiger partial charge in [0, 0.05) is 13.1 Å². The standard InChI is InChI=1S/C20H26BF4NO3/c1-12-10-14(17(27)26-8-6-13(7-9-26)20(23,24)25)16(22)11-15(12)21-28-18(2,3)19(4,5)29-21/h10-11,13H,6-9H2,1-5H3. The molecule has 0 bridgehead atoms. The summed E-state index contributed by atoms with van der Waals surface area (Å²) in [5, 5.41) is 0. The highest BCUT2D eigenvalue weighted by molar-refractivity contribution is 6.62. The third kappa shape index (κ3) is 4.17. The molecule has 0 aromatic heterocycles. The van der Waals surface area contributed by atoms with Gasteiger partial charge >= 0.3 is 13.3 Å². The van der Waals surface area contributed by atoms with Crippen LogP contribution < -0.4 is 5.46 Å². The summed E-state index contributed by atoms with van der Waals surface area (Å²) in [4.78, 5) is 14.0. The summed E-state index contributed by atoms with van der Waals surface area (Å²) in [5.74, 6) is -2.74. The average molecular weight is 415 g/mol. The molecule has 1 aromatic rings. The van der Waals surface area contributed by atoms with Crippen LogP contribution >= 0.6 is 0 Å². The van der Waals surface area contributed by atoms with Crippen molar-refractivity contribution >= 4 is 18.5 Å². The number of hydrogen-bond donors (Lipinski definition) is 0. The van der Waals surface area contributed by atoms with Crippen LogP contribution in [0.5, 0.6) is 0 Å². The number of nitrogens with zero attached hydrogens (tertiary/aromatic N) is 1. The average Bonchev–Trinajstić information content (AvgIpc) is 2.82. The summed E-state index contributed by atoms with van der Waals surface area (Å²) in [7, 11) is -0.763. The van der Waals surface area contributed by atoms with E-state index >= 15 is 0 Å². The lowest BCUT2D eigenvalue weighted by atomic mass is 9.75. The van der Waals surface area contributed by atoms with Crippen molar-refractivity contribution in [1.29, 1.82) is 0 Å². The zero-order chi connectivity index (χ0) is 21.8. The first kappa shape index (κ1) is 22.1. The highest BCUT2D eigenvalue weighted by Crippen LogP contribution is 2.37. The molecule has 9 heteroatoms. The number of carbonyl (C=O) groups excluding carboxylic acids is 1. The Hall–Kier alpha value is -1.61. The summed E-state index contributed by atoms with van der Waals surface area (Å²) < 4.78 is 65.2. The number of piperidine rings is 1. The lowest BCUT2D eigenvalue weighted by Crippen LogP contribution is -2.43. The minimum atomic E-state index is -4.26. The second kappa shape index (κ2) is 7.27. The van der Waals surface area contributed by atoms with Crippen LogP contribution in [0, 0.1) is 18.7 Å². The SMILES string of the molecule is Cc1cc(C(=O)N2CCC(C(F)(F)F)CC2)c(F)cc1B1OC(C)(C)C(C)(C)O1. The maximum Gasteiger partial charge on any atom is 0.495 e. The molecule has 4 nitrogen and oxygen atoms in total. The second-order valence-electron chi connectivity index (χ2n) is 8.88. The molecule has 1 amide bonds. The molecule has 0 atom stereocenters. The number of amides is 1. The smallest absolute Gasteiger partial charge is 0.399 e. The van der Waals surface area contributed by atoms with Crippen LogP contribution in [-0.2, 0) is 9.31 Å². The van der Waals surface area contributed by atoms with E-state index < -0.39 is 42.1 Å². The van der Waals surface area contributed by atoms with Gasteiger partial charge < -0.3 is 14.2 Å². The summed E-state index contributed by atoms with van der Waals surface area (Å²) in [5.41, 5.74) is -0.198. The Balaban J connectivity index is 1.78. The predicted octanol–water partition coefficient (Wildman–Crippen LogP) is 3.85. The molecule has 2 aliphatic heterocycles. The third-order valence-electron chi connectivity index (χ3n) is 6.34. The van der Waals surface area contributed by atoms with Crippen LogP contribution in [0.4, 0.5) is 17.6 Å². The van der Waals surface area contributed by atoms with Crippen molar-refractivity contribution in [3.8, 4) is 0 Å². The first-order chi connectivity index (χ1) is 13.2. The minimum Gasteiger partial charge on any atom is -0.399 e. The zero-order valence-electron chi connectivity index (χ0n) is 17.3. The number of aryl methyl sites for hydroxylation is 1. The van der Waals surface area contributed by atoms with Gasteiger partial charge in [0.05, 0.1) is 22.7 Å². The highest BCUT2D eigenvalue weighted by Gasteiger charge is 2.52. The van der Waals surface area contributed by atoms with Crippen molar-refractivity contribution in [3.63, 3.8) is 0 Å². The van der Waals surface area contributed by atoms with Crippen molar-refractivity contribution in [2.24, 2.45) is 5.92 Å². The van der Waals surface area contributed by atoms with Crippen LogP contribution in [-0.4, -0.2) is 48.4 Å². The maximum absolute atomic E-state index is 14.8. The fourth-order valence-corrected chi connectivity index (χ4v) is 3.66. The van der Waals surface area contributed by atoms with E-state index in [9.17, 15) is 22.4 Å². The fraction of sp³-hybridized carbons (Fsp3) is 0.650. The molecule has 2 fully saturated rings. The van der Waals surface area contributed by atoms with E-state index in [4.69, 9.17) is 9.31 Å². The first-order valence-electron chi connectivity index (χ1n) is 9.74. The van der Waals surface area contributed by atoms with Gasteiger partial charge in [-0.15, -0.1) is 0 Å². The summed E-state index contributed by atoms with van der Waals surface area (Å²) in [6.45, 7) is 9.21. The molecular weight excluding hydrogens is 389 g/mol. The predicted molar refractivity (Wildman–Crippen MR) is 102 cm³/mol. The van der Waals surface area contributed by atoms with Gasteiger partial charge in [0.25, 0.3) is 5.91 Å². The Morgan fingerprint density at radius 2 is 1.62 bits per heavy atom. The minimum absolute atomic E-state index is 0.0412. The number of rotatable bonds is 2. The Labute approximate surface area is 168 Å². The molecule has 0 radical (unpaired) electrons. The topological polar surface area (TPSA) is 38.8 Å². The molecule has 3 rings (SSSR count). The van der Waals surface area contributed by atoms with Crippen LogP contribution in [0.25, 0.3) is 0 Å². The van der Waals surface area contributed by atoms with E-state index in [1.807, 2.05) is 27.7 Å². The summed E-state index contributed by atoms with van der Waals surface area (Å²) >= 11 is 0.